The molecule has 19 heavy (non-hydrogen) atoms. The molecule has 0 aliphatic carbocycles. The van der Waals surface area contributed by atoms with Crippen molar-refractivity contribution in [2.24, 2.45) is 5.92 Å². The Morgan fingerprint density at radius 1 is 1.26 bits per heavy atom. The third kappa shape index (κ3) is 5.75. The Morgan fingerprint density at radius 2 is 1.95 bits per heavy atom. The van der Waals surface area contributed by atoms with Crippen LogP contribution in [0.1, 0.15) is 44.7 Å². The lowest BCUT2D eigenvalue weighted by Gasteiger charge is -2.29. The molecule has 0 saturated heterocycles. The second-order valence-corrected chi connectivity index (χ2v) is 6.58. The van der Waals surface area contributed by atoms with Gasteiger partial charge >= 0.3 is 0 Å². The molecule has 1 aromatic rings. The van der Waals surface area contributed by atoms with E-state index in [9.17, 15) is 0 Å². The van der Waals surface area contributed by atoms with Crippen molar-refractivity contribution in [3.05, 3.63) is 35.4 Å². The monoisotopic (exact) mass is 263 g/mol. The summed E-state index contributed by atoms with van der Waals surface area (Å²) in [5.41, 5.74) is 2.87. The second kappa shape index (κ2) is 7.06. The molecule has 0 radical (unpaired) electrons. The highest BCUT2D eigenvalue weighted by atomic mass is 16.5. The summed E-state index contributed by atoms with van der Waals surface area (Å²) in [5, 5.41) is 3.62. The van der Waals surface area contributed by atoms with Crippen LogP contribution in [-0.2, 0) is 4.74 Å². The minimum absolute atomic E-state index is 0.148. The average molecular weight is 263 g/mol. The Labute approximate surface area is 118 Å². The van der Waals surface area contributed by atoms with Crippen LogP contribution in [0.4, 0.5) is 0 Å². The van der Waals surface area contributed by atoms with E-state index < -0.39 is 0 Å². The molecule has 108 valence electrons. The average Bonchev–Trinajstić information content (AvgIpc) is 2.28. The SMILES string of the molecule is COCC(C)C(CNC(C)(C)C)c1cccc(C)c1. The minimum atomic E-state index is 0.148. The summed E-state index contributed by atoms with van der Waals surface area (Å²) in [6.45, 7) is 12.8. The number of methoxy groups -OCH3 is 1. The predicted octanol–water partition coefficient (Wildman–Crippen LogP) is 3.75. The Kier molecular flexibility index (Phi) is 6.02. The minimum Gasteiger partial charge on any atom is -0.384 e. The number of aryl methyl sites for hydroxylation is 1. The molecule has 2 heteroatoms. The molecule has 0 aliphatic heterocycles. The van der Waals surface area contributed by atoms with Gasteiger partial charge < -0.3 is 10.1 Å². The molecular weight excluding hydrogens is 234 g/mol. The standard InChI is InChI=1S/C17H29NO/c1-13-8-7-9-15(10-13)16(14(2)12-19-6)11-18-17(3,4)5/h7-10,14,16,18H,11-12H2,1-6H3. The highest BCUT2D eigenvalue weighted by molar-refractivity contribution is 5.26. The van der Waals surface area contributed by atoms with Crippen molar-refractivity contribution in [2.75, 3.05) is 20.3 Å². The van der Waals surface area contributed by atoms with E-state index in [2.05, 4.69) is 64.2 Å². The van der Waals surface area contributed by atoms with Crippen molar-refractivity contribution >= 4 is 0 Å². The van der Waals surface area contributed by atoms with Gasteiger partial charge in [-0.05, 0) is 39.2 Å². The maximum absolute atomic E-state index is 5.34. The first-order chi connectivity index (χ1) is 8.83. The van der Waals surface area contributed by atoms with E-state index in [1.165, 1.54) is 11.1 Å². The zero-order valence-corrected chi connectivity index (χ0v) is 13.3. The smallest absolute Gasteiger partial charge is 0.0494 e. The van der Waals surface area contributed by atoms with Crippen LogP contribution in [0.5, 0.6) is 0 Å². The number of nitrogens with one attached hydrogen (secondary N) is 1. The molecule has 0 aliphatic rings. The summed E-state index contributed by atoms with van der Waals surface area (Å²) in [5.74, 6) is 0.987. The van der Waals surface area contributed by atoms with Crippen LogP contribution in [0.25, 0.3) is 0 Å². The number of hydrogen-bond donors (Lipinski definition) is 1. The van der Waals surface area contributed by atoms with E-state index in [-0.39, 0.29) is 5.54 Å². The third-order valence-electron chi connectivity index (χ3n) is 3.44. The topological polar surface area (TPSA) is 21.3 Å². The van der Waals surface area contributed by atoms with Crippen LogP contribution < -0.4 is 5.32 Å². The van der Waals surface area contributed by atoms with Crippen LogP contribution >= 0.6 is 0 Å². The quantitative estimate of drug-likeness (QED) is 0.844. The van der Waals surface area contributed by atoms with Crippen LogP contribution in [0, 0.1) is 12.8 Å². The molecule has 1 aromatic carbocycles. The summed E-state index contributed by atoms with van der Waals surface area (Å²) in [6.07, 6.45) is 0. The van der Waals surface area contributed by atoms with Gasteiger partial charge in [0.15, 0.2) is 0 Å². The van der Waals surface area contributed by atoms with Gasteiger partial charge in [-0.1, -0.05) is 36.8 Å². The zero-order valence-electron chi connectivity index (χ0n) is 13.3. The fourth-order valence-corrected chi connectivity index (χ4v) is 2.34. The van der Waals surface area contributed by atoms with Gasteiger partial charge in [0, 0.05) is 31.7 Å². The van der Waals surface area contributed by atoms with E-state index in [4.69, 9.17) is 4.74 Å². The van der Waals surface area contributed by atoms with E-state index >= 15 is 0 Å². The molecule has 0 amide bonds. The van der Waals surface area contributed by atoms with E-state index in [0.717, 1.165) is 13.2 Å². The zero-order chi connectivity index (χ0) is 14.5. The summed E-state index contributed by atoms with van der Waals surface area (Å²) >= 11 is 0. The molecular formula is C17H29NO. The van der Waals surface area contributed by atoms with Crippen molar-refractivity contribution in [2.45, 2.75) is 46.1 Å². The Morgan fingerprint density at radius 3 is 2.47 bits per heavy atom. The molecule has 0 aromatic heterocycles. The first-order valence-corrected chi connectivity index (χ1v) is 7.14. The maximum atomic E-state index is 5.34. The van der Waals surface area contributed by atoms with Gasteiger partial charge in [-0.3, -0.25) is 0 Å². The van der Waals surface area contributed by atoms with E-state index in [1.807, 2.05) is 0 Å². The fourth-order valence-electron chi connectivity index (χ4n) is 2.34. The number of hydrogen-bond acceptors (Lipinski definition) is 2. The Hall–Kier alpha value is -0.860. The molecule has 0 bridgehead atoms. The van der Waals surface area contributed by atoms with Crippen molar-refractivity contribution in [3.63, 3.8) is 0 Å². The molecule has 0 fully saturated rings. The van der Waals surface area contributed by atoms with Crippen LogP contribution in [0.15, 0.2) is 24.3 Å². The van der Waals surface area contributed by atoms with Gasteiger partial charge in [-0.25, -0.2) is 0 Å². The van der Waals surface area contributed by atoms with Crippen molar-refractivity contribution in [1.29, 1.82) is 0 Å². The van der Waals surface area contributed by atoms with Gasteiger partial charge in [0.05, 0.1) is 0 Å². The number of ether oxygens (including phenoxy) is 1. The first-order valence-electron chi connectivity index (χ1n) is 7.14. The largest absolute Gasteiger partial charge is 0.384 e. The summed E-state index contributed by atoms with van der Waals surface area (Å²) in [4.78, 5) is 0. The lowest BCUT2D eigenvalue weighted by molar-refractivity contribution is 0.144. The Balaban J connectivity index is 2.85. The molecule has 2 unspecified atom stereocenters. The van der Waals surface area contributed by atoms with Gasteiger partial charge in [0.2, 0.25) is 0 Å². The van der Waals surface area contributed by atoms with Gasteiger partial charge in [0.1, 0.15) is 0 Å². The molecule has 0 heterocycles. The van der Waals surface area contributed by atoms with Crippen LogP contribution in [0.3, 0.4) is 0 Å². The first kappa shape index (κ1) is 16.2. The number of rotatable bonds is 6. The summed E-state index contributed by atoms with van der Waals surface area (Å²) < 4.78 is 5.34. The molecule has 0 saturated carbocycles. The van der Waals surface area contributed by atoms with Crippen LogP contribution in [-0.4, -0.2) is 25.8 Å². The molecule has 1 rings (SSSR count). The molecule has 1 N–H and O–H groups in total. The summed E-state index contributed by atoms with van der Waals surface area (Å²) in [7, 11) is 1.78. The van der Waals surface area contributed by atoms with Crippen molar-refractivity contribution in [3.8, 4) is 0 Å². The maximum Gasteiger partial charge on any atom is 0.0494 e. The Bertz CT molecular complexity index is 381. The third-order valence-corrected chi connectivity index (χ3v) is 3.44. The highest BCUT2D eigenvalue weighted by Gasteiger charge is 2.21. The van der Waals surface area contributed by atoms with E-state index in [0.29, 0.717) is 11.8 Å². The van der Waals surface area contributed by atoms with Gasteiger partial charge in [-0.15, -0.1) is 0 Å². The van der Waals surface area contributed by atoms with Crippen molar-refractivity contribution < 1.29 is 4.74 Å². The van der Waals surface area contributed by atoms with E-state index in [1.54, 1.807) is 7.11 Å². The lowest BCUT2D eigenvalue weighted by atomic mass is 9.86. The number of benzene rings is 1. The van der Waals surface area contributed by atoms with Crippen LogP contribution in [0.2, 0.25) is 0 Å². The normalized spacial score (nSPS) is 15.3. The van der Waals surface area contributed by atoms with Gasteiger partial charge in [0.25, 0.3) is 0 Å². The highest BCUT2D eigenvalue weighted by Crippen LogP contribution is 2.25. The summed E-state index contributed by atoms with van der Waals surface area (Å²) in [6, 6.07) is 8.82. The molecule has 2 atom stereocenters. The second-order valence-electron chi connectivity index (χ2n) is 6.58. The fraction of sp³-hybridized carbons (Fsp3) is 0.647. The molecule has 0 spiro atoms. The molecule has 2 nitrogen and oxygen atoms in total. The predicted molar refractivity (Wildman–Crippen MR) is 82.7 cm³/mol. The van der Waals surface area contributed by atoms with Gasteiger partial charge in [-0.2, -0.15) is 0 Å². The lowest BCUT2D eigenvalue weighted by Crippen LogP contribution is -2.40. The van der Waals surface area contributed by atoms with Crippen molar-refractivity contribution in [1.82, 2.24) is 5.32 Å².